The first-order valence-corrected chi connectivity index (χ1v) is 10.9. The molecule has 2 aromatic carbocycles. The van der Waals surface area contributed by atoms with Crippen LogP contribution in [0.4, 0.5) is 0 Å². The summed E-state index contributed by atoms with van der Waals surface area (Å²) in [6.07, 6.45) is 1.86. The number of rotatable bonds is 7. The van der Waals surface area contributed by atoms with Crippen LogP contribution in [-0.4, -0.2) is 30.0 Å². The predicted molar refractivity (Wildman–Crippen MR) is 119 cm³/mol. The molecule has 0 unspecified atom stereocenters. The van der Waals surface area contributed by atoms with E-state index in [1.165, 1.54) is 0 Å². The standard InChI is InChI=1S/C23H28Cl2N2O2/c1-16(2)29-20-5-3-4-17(12-20)14-26-23(28)19-8-10-27(11-9-19)15-18-6-7-21(24)22(25)13-18/h3-7,12-13,16,19H,8-11,14-15H2,1-2H3,(H,26,28). The Labute approximate surface area is 183 Å². The highest BCUT2D eigenvalue weighted by Gasteiger charge is 2.24. The smallest absolute Gasteiger partial charge is 0.223 e. The molecule has 1 aliphatic heterocycles. The van der Waals surface area contributed by atoms with Crippen molar-refractivity contribution in [1.29, 1.82) is 0 Å². The molecule has 0 spiro atoms. The van der Waals surface area contributed by atoms with E-state index in [1.807, 2.05) is 56.3 Å². The van der Waals surface area contributed by atoms with E-state index >= 15 is 0 Å². The molecule has 29 heavy (non-hydrogen) atoms. The van der Waals surface area contributed by atoms with Gasteiger partial charge in [-0.3, -0.25) is 9.69 Å². The van der Waals surface area contributed by atoms with Crippen LogP contribution in [0.1, 0.15) is 37.8 Å². The minimum Gasteiger partial charge on any atom is -0.491 e. The van der Waals surface area contributed by atoms with Crippen LogP contribution in [0, 0.1) is 5.92 Å². The number of nitrogens with one attached hydrogen (secondary N) is 1. The number of carbonyl (C=O) groups is 1. The van der Waals surface area contributed by atoms with Crippen molar-refractivity contribution in [1.82, 2.24) is 10.2 Å². The molecule has 0 bridgehead atoms. The average molecular weight is 435 g/mol. The Hall–Kier alpha value is -1.75. The monoisotopic (exact) mass is 434 g/mol. The van der Waals surface area contributed by atoms with Crippen LogP contribution in [0.3, 0.4) is 0 Å². The molecule has 1 amide bonds. The summed E-state index contributed by atoms with van der Waals surface area (Å²) in [5.74, 6) is 1.03. The molecule has 1 fully saturated rings. The third-order valence-electron chi connectivity index (χ3n) is 5.09. The number of ether oxygens (including phenoxy) is 1. The van der Waals surface area contributed by atoms with Crippen LogP contribution in [0.2, 0.25) is 10.0 Å². The third-order valence-corrected chi connectivity index (χ3v) is 5.82. The zero-order valence-electron chi connectivity index (χ0n) is 17.0. The van der Waals surface area contributed by atoms with Crippen LogP contribution < -0.4 is 10.1 Å². The first-order valence-electron chi connectivity index (χ1n) is 10.1. The van der Waals surface area contributed by atoms with Crippen molar-refractivity contribution in [2.24, 2.45) is 5.92 Å². The van der Waals surface area contributed by atoms with Gasteiger partial charge in [0.25, 0.3) is 0 Å². The van der Waals surface area contributed by atoms with E-state index in [1.54, 1.807) is 0 Å². The number of halogens is 2. The minimum atomic E-state index is 0.0650. The number of nitrogens with zero attached hydrogens (tertiary/aromatic N) is 1. The molecule has 156 valence electrons. The highest BCUT2D eigenvalue weighted by molar-refractivity contribution is 6.42. The van der Waals surface area contributed by atoms with Crippen molar-refractivity contribution in [2.45, 2.75) is 45.9 Å². The predicted octanol–water partition coefficient (Wildman–Crippen LogP) is 5.31. The van der Waals surface area contributed by atoms with Gasteiger partial charge in [-0.15, -0.1) is 0 Å². The summed E-state index contributed by atoms with van der Waals surface area (Å²) in [6, 6.07) is 13.6. The third kappa shape index (κ3) is 6.63. The molecule has 1 aliphatic rings. The van der Waals surface area contributed by atoms with Crippen molar-refractivity contribution in [3.05, 3.63) is 63.6 Å². The lowest BCUT2D eigenvalue weighted by Crippen LogP contribution is -2.40. The van der Waals surface area contributed by atoms with Gasteiger partial charge in [-0.1, -0.05) is 41.4 Å². The summed E-state index contributed by atoms with van der Waals surface area (Å²) >= 11 is 12.1. The van der Waals surface area contributed by atoms with Gasteiger partial charge in [0.05, 0.1) is 16.1 Å². The fraction of sp³-hybridized carbons (Fsp3) is 0.435. The van der Waals surface area contributed by atoms with E-state index in [2.05, 4.69) is 10.2 Å². The van der Waals surface area contributed by atoms with E-state index in [9.17, 15) is 4.79 Å². The summed E-state index contributed by atoms with van der Waals surface area (Å²) in [7, 11) is 0. The van der Waals surface area contributed by atoms with Gasteiger partial charge >= 0.3 is 0 Å². The van der Waals surface area contributed by atoms with Crippen LogP contribution in [0.15, 0.2) is 42.5 Å². The number of amides is 1. The molecule has 4 nitrogen and oxygen atoms in total. The summed E-state index contributed by atoms with van der Waals surface area (Å²) in [6.45, 7) is 7.16. The summed E-state index contributed by atoms with van der Waals surface area (Å²) in [5, 5.41) is 4.24. The highest BCUT2D eigenvalue weighted by atomic mass is 35.5. The molecular weight excluding hydrogens is 407 g/mol. The Bertz CT molecular complexity index is 833. The number of carbonyl (C=O) groups excluding carboxylic acids is 1. The molecule has 0 radical (unpaired) electrons. The Morgan fingerprint density at radius 1 is 1.10 bits per heavy atom. The van der Waals surface area contributed by atoms with Crippen LogP contribution >= 0.6 is 23.2 Å². The van der Waals surface area contributed by atoms with Gasteiger partial charge in [-0.2, -0.15) is 0 Å². The fourth-order valence-corrected chi connectivity index (χ4v) is 3.90. The second-order valence-corrected chi connectivity index (χ2v) is 8.65. The zero-order chi connectivity index (χ0) is 20.8. The molecule has 0 aliphatic carbocycles. The highest BCUT2D eigenvalue weighted by Crippen LogP contribution is 2.25. The average Bonchev–Trinajstić information content (AvgIpc) is 2.69. The maximum Gasteiger partial charge on any atom is 0.223 e. The maximum absolute atomic E-state index is 12.6. The second-order valence-electron chi connectivity index (χ2n) is 7.83. The Balaban J connectivity index is 1.44. The Kier molecular flexibility index (Phi) is 7.82. The van der Waals surface area contributed by atoms with Gasteiger partial charge in [-0.25, -0.2) is 0 Å². The van der Waals surface area contributed by atoms with Crippen LogP contribution in [-0.2, 0) is 17.9 Å². The summed E-state index contributed by atoms with van der Waals surface area (Å²) in [5.41, 5.74) is 2.19. The van der Waals surface area contributed by atoms with Gasteiger partial charge in [0, 0.05) is 19.0 Å². The molecule has 2 aromatic rings. The topological polar surface area (TPSA) is 41.6 Å². The van der Waals surface area contributed by atoms with E-state index in [0.29, 0.717) is 16.6 Å². The van der Waals surface area contributed by atoms with Crippen molar-refractivity contribution in [3.63, 3.8) is 0 Å². The van der Waals surface area contributed by atoms with Gasteiger partial charge in [0.1, 0.15) is 5.75 Å². The van der Waals surface area contributed by atoms with Crippen molar-refractivity contribution in [2.75, 3.05) is 13.1 Å². The molecule has 1 saturated heterocycles. The van der Waals surface area contributed by atoms with Crippen molar-refractivity contribution >= 4 is 29.1 Å². The number of hydrogen-bond donors (Lipinski definition) is 1. The molecule has 6 heteroatoms. The molecule has 1 heterocycles. The van der Waals surface area contributed by atoms with Gasteiger partial charge in [0.15, 0.2) is 0 Å². The first-order chi connectivity index (χ1) is 13.9. The molecule has 0 aromatic heterocycles. The number of benzene rings is 2. The molecule has 3 rings (SSSR count). The van der Waals surface area contributed by atoms with Gasteiger partial charge in [0.2, 0.25) is 5.91 Å². The van der Waals surface area contributed by atoms with Gasteiger partial charge in [-0.05, 0) is 75.2 Å². The molecular formula is C23H28Cl2N2O2. The van der Waals surface area contributed by atoms with E-state index in [-0.39, 0.29) is 17.9 Å². The van der Waals surface area contributed by atoms with Crippen molar-refractivity contribution in [3.8, 4) is 5.75 Å². The quantitative estimate of drug-likeness (QED) is 0.641. The number of likely N-dealkylation sites (tertiary alicyclic amines) is 1. The van der Waals surface area contributed by atoms with Crippen LogP contribution in [0.25, 0.3) is 0 Å². The van der Waals surface area contributed by atoms with Crippen molar-refractivity contribution < 1.29 is 9.53 Å². The van der Waals surface area contributed by atoms with E-state index < -0.39 is 0 Å². The number of piperidine rings is 1. The largest absolute Gasteiger partial charge is 0.491 e. The number of hydrogen-bond acceptors (Lipinski definition) is 3. The Morgan fingerprint density at radius 2 is 1.86 bits per heavy atom. The van der Waals surface area contributed by atoms with E-state index in [0.717, 1.165) is 49.4 Å². The zero-order valence-corrected chi connectivity index (χ0v) is 18.5. The lowest BCUT2D eigenvalue weighted by Gasteiger charge is -2.31. The lowest BCUT2D eigenvalue weighted by molar-refractivity contribution is -0.126. The second kappa shape index (κ2) is 10.3. The fourth-order valence-electron chi connectivity index (χ4n) is 3.58. The SMILES string of the molecule is CC(C)Oc1cccc(CNC(=O)C2CCN(Cc3ccc(Cl)c(Cl)c3)CC2)c1. The van der Waals surface area contributed by atoms with Crippen LogP contribution in [0.5, 0.6) is 5.75 Å². The van der Waals surface area contributed by atoms with E-state index in [4.69, 9.17) is 27.9 Å². The molecule has 0 atom stereocenters. The van der Waals surface area contributed by atoms with Gasteiger partial charge < -0.3 is 10.1 Å². The maximum atomic E-state index is 12.6. The normalized spacial score (nSPS) is 15.5. The summed E-state index contributed by atoms with van der Waals surface area (Å²) in [4.78, 5) is 14.9. The first kappa shape index (κ1) is 21.9. The summed E-state index contributed by atoms with van der Waals surface area (Å²) < 4.78 is 5.72. The molecule has 1 N–H and O–H groups in total. The lowest BCUT2D eigenvalue weighted by atomic mass is 9.95. The minimum absolute atomic E-state index is 0.0650. The Morgan fingerprint density at radius 3 is 2.55 bits per heavy atom. The molecule has 0 saturated carbocycles.